The van der Waals surface area contributed by atoms with Crippen molar-refractivity contribution in [1.82, 2.24) is 15.3 Å². The molecule has 0 spiro atoms. The number of rotatable bonds is 4. The van der Waals surface area contributed by atoms with E-state index in [0.29, 0.717) is 12.1 Å². The fraction of sp³-hybridized carbons (Fsp3) is 0.182. The largest absolute Gasteiger partial charge is 0.352 e. The monoisotopic (exact) mass is 311 g/mol. The summed E-state index contributed by atoms with van der Waals surface area (Å²) in [5, 5.41) is 5.78. The van der Waals surface area contributed by atoms with Gasteiger partial charge in [0.2, 0.25) is 0 Å². The molecule has 0 aliphatic heterocycles. The molecule has 0 saturated carbocycles. The van der Waals surface area contributed by atoms with E-state index in [-0.39, 0.29) is 5.91 Å². The molecule has 0 aliphatic carbocycles. The zero-order valence-electron chi connectivity index (χ0n) is 8.89. The Morgan fingerprint density at radius 1 is 1.41 bits per heavy atom. The van der Waals surface area contributed by atoms with Crippen molar-refractivity contribution in [2.75, 3.05) is 6.54 Å². The first-order valence-corrected chi connectivity index (χ1v) is 6.71. The van der Waals surface area contributed by atoms with Crippen LogP contribution in [0, 0.1) is 0 Å². The molecule has 0 unspecified atom stereocenters. The molecule has 0 aromatic carbocycles. The fourth-order valence-corrected chi connectivity index (χ4v) is 2.13. The van der Waals surface area contributed by atoms with E-state index in [1.54, 1.807) is 35.9 Å². The SMILES string of the molecule is O=C(NCCc1nccs1)c1ccc(Br)nc1. The molecule has 1 amide bonds. The lowest BCUT2D eigenvalue weighted by Crippen LogP contribution is -2.25. The third-order valence-corrected chi connectivity index (χ3v) is 3.41. The Morgan fingerprint density at radius 3 is 2.94 bits per heavy atom. The van der Waals surface area contributed by atoms with E-state index in [9.17, 15) is 4.79 Å². The smallest absolute Gasteiger partial charge is 0.252 e. The summed E-state index contributed by atoms with van der Waals surface area (Å²) in [4.78, 5) is 19.9. The highest BCUT2D eigenvalue weighted by Gasteiger charge is 2.05. The Labute approximate surface area is 111 Å². The number of carbonyl (C=O) groups excluding carboxylic acids is 1. The number of thiazole rings is 1. The molecule has 0 atom stereocenters. The van der Waals surface area contributed by atoms with Gasteiger partial charge in [0.1, 0.15) is 4.60 Å². The number of nitrogens with zero attached hydrogens (tertiary/aromatic N) is 2. The highest BCUT2D eigenvalue weighted by molar-refractivity contribution is 9.10. The number of aromatic nitrogens is 2. The minimum Gasteiger partial charge on any atom is -0.352 e. The highest BCUT2D eigenvalue weighted by atomic mass is 79.9. The quantitative estimate of drug-likeness (QED) is 0.881. The van der Waals surface area contributed by atoms with E-state index in [0.717, 1.165) is 16.0 Å². The van der Waals surface area contributed by atoms with Gasteiger partial charge < -0.3 is 5.32 Å². The summed E-state index contributed by atoms with van der Waals surface area (Å²) >= 11 is 4.82. The molecule has 6 heteroatoms. The van der Waals surface area contributed by atoms with Crippen molar-refractivity contribution in [3.05, 3.63) is 45.1 Å². The average Bonchev–Trinajstić information content (AvgIpc) is 2.83. The van der Waals surface area contributed by atoms with Gasteiger partial charge in [-0.1, -0.05) is 0 Å². The van der Waals surface area contributed by atoms with Gasteiger partial charge in [-0.15, -0.1) is 11.3 Å². The number of halogens is 1. The summed E-state index contributed by atoms with van der Waals surface area (Å²) < 4.78 is 0.719. The molecule has 17 heavy (non-hydrogen) atoms. The minimum atomic E-state index is -0.110. The second kappa shape index (κ2) is 5.88. The fourth-order valence-electron chi connectivity index (χ4n) is 1.27. The maximum Gasteiger partial charge on any atom is 0.252 e. The number of hydrogen-bond acceptors (Lipinski definition) is 4. The van der Waals surface area contributed by atoms with Crippen LogP contribution in [0.4, 0.5) is 0 Å². The van der Waals surface area contributed by atoms with Crippen molar-refractivity contribution in [3.8, 4) is 0 Å². The Bertz CT molecular complexity index is 484. The number of amides is 1. The van der Waals surface area contributed by atoms with Gasteiger partial charge in [-0.3, -0.25) is 4.79 Å². The summed E-state index contributed by atoms with van der Waals surface area (Å²) in [5.41, 5.74) is 0.562. The lowest BCUT2D eigenvalue weighted by molar-refractivity contribution is 0.0954. The standard InChI is InChI=1S/C11H10BrN3OS/c12-9-2-1-8(7-15-9)11(16)14-4-3-10-13-5-6-17-10/h1-2,5-7H,3-4H2,(H,14,16). The Hall–Kier alpha value is -1.27. The van der Waals surface area contributed by atoms with Gasteiger partial charge in [0, 0.05) is 30.7 Å². The minimum absolute atomic E-state index is 0.110. The first-order valence-electron chi connectivity index (χ1n) is 5.04. The molecule has 2 aromatic heterocycles. The third-order valence-electron chi connectivity index (χ3n) is 2.10. The number of pyridine rings is 1. The second-order valence-electron chi connectivity index (χ2n) is 3.30. The van der Waals surface area contributed by atoms with E-state index in [1.807, 2.05) is 5.38 Å². The lowest BCUT2D eigenvalue weighted by atomic mass is 10.2. The molecular weight excluding hydrogens is 302 g/mol. The van der Waals surface area contributed by atoms with Gasteiger partial charge in [0.05, 0.1) is 10.6 Å². The molecular formula is C11H10BrN3OS. The topological polar surface area (TPSA) is 54.9 Å². The average molecular weight is 312 g/mol. The van der Waals surface area contributed by atoms with E-state index in [4.69, 9.17) is 0 Å². The predicted octanol–water partition coefficient (Wildman–Crippen LogP) is 2.27. The van der Waals surface area contributed by atoms with Crippen LogP contribution in [0.5, 0.6) is 0 Å². The van der Waals surface area contributed by atoms with Crippen molar-refractivity contribution >= 4 is 33.2 Å². The number of nitrogens with one attached hydrogen (secondary N) is 1. The van der Waals surface area contributed by atoms with E-state index >= 15 is 0 Å². The summed E-state index contributed by atoms with van der Waals surface area (Å²) in [6.07, 6.45) is 4.07. The third kappa shape index (κ3) is 3.61. The van der Waals surface area contributed by atoms with Crippen LogP contribution in [0.3, 0.4) is 0 Å². The molecule has 0 bridgehead atoms. The zero-order chi connectivity index (χ0) is 12.1. The van der Waals surface area contributed by atoms with Crippen LogP contribution in [-0.2, 0) is 6.42 Å². The normalized spacial score (nSPS) is 10.2. The van der Waals surface area contributed by atoms with Crippen LogP contribution in [0.2, 0.25) is 0 Å². The van der Waals surface area contributed by atoms with Crippen LogP contribution < -0.4 is 5.32 Å². The van der Waals surface area contributed by atoms with Gasteiger partial charge in [0.25, 0.3) is 5.91 Å². The molecule has 2 heterocycles. The maximum atomic E-state index is 11.7. The van der Waals surface area contributed by atoms with Crippen molar-refractivity contribution < 1.29 is 4.79 Å². The number of carbonyl (C=O) groups is 1. The second-order valence-corrected chi connectivity index (χ2v) is 5.09. The van der Waals surface area contributed by atoms with Crippen molar-refractivity contribution in [2.24, 2.45) is 0 Å². The van der Waals surface area contributed by atoms with E-state index < -0.39 is 0 Å². The molecule has 2 rings (SSSR count). The Kier molecular flexibility index (Phi) is 4.22. The van der Waals surface area contributed by atoms with Crippen LogP contribution >= 0.6 is 27.3 Å². The van der Waals surface area contributed by atoms with E-state index in [1.165, 1.54) is 0 Å². The first-order chi connectivity index (χ1) is 8.25. The van der Waals surface area contributed by atoms with Gasteiger partial charge in [0.15, 0.2) is 0 Å². The number of hydrogen-bond donors (Lipinski definition) is 1. The Morgan fingerprint density at radius 2 is 2.29 bits per heavy atom. The predicted molar refractivity (Wildman–Crippen MR) is 70.1 cm³/mol. The molecule has 88 valence electrons. The lowest BCUT2D eigenvalue weighted by Gasteiger charge is -2.03. The molecule has 0 aliphatic rings. The maximum absolute atomic E-state index is 11.7. The van der Waals surface area contributed by atoms with Gasteiger partial charge in [-0.25, -0.2) is 9.97 Å². The van der Waals surface area contributed by atoms with Crippen LogP contribution in [0.1, 0.15) is 15.4 Å². The van der Waals surface area contributed by atoms with Crippen molar-refractivity contribution in [2.45, 2.75) is 6.42 Å². The van der Waals surface area contributed by atoms with Crippen molar-refractivity contribution in [3.63, 3.8) is 0 Å². The van der Waals surface area contributed by atoms with Crippen LogP contribution in [-0.4, -0.2) is 22.4 Å². The molecule has 0 fully saturated rings. The summed E-state index contributed by atoms with van der Waals surface area (Å²) in [7, 11) is 0. The highest BCUT2D eigenvalue weighted by Crippen LogP contribution is 2.06. The Balaban J connectivity index is 1.83. The van der Waals surface area contributed by atoms with Gasteiger partial charge in [-0.2, -0.15) is 0 Å². The van der Waals surface area contributed by atoms with Crippen LogP contribution in [0.25, 0.3) is 0 Å². The molecule has 0 radical (unpaired) electrons. The molecule has 4 nitrogen and oxygen atoms in total. The summed E-state index contributed by atoms with van der Waals surface area (Å²) in [6, 6.07) is 3.48. The van der Waals surface area contributed by atoms with Crippen LogP contribution in [0.15, 0.2) is 34.5 Å². The summed E-state index contributed by atoms with van der Waals surface area (Å²) in [6.45, 7) is 0.586. The molecule has 2 aromatic rings. The molecule has 0 saturated heterocycles. The van der Waals surface area contributed by atoms with Gasteiger partial charge in [-0.05, 0) is 28.1 Å². The van der Waals surface area contributed by atoms with E-state index in [2.05, 4.69) is 31.2 Å². The van der Waals surface area contributed by atoms with Gasteiger partial charge >= 0.3 is 0 Å². The van der Waals surface area contributed by atoms with Crippen molar-refractivity contribution in [1.29, 1.82) is 0 Å². The molecule has 1 N–H and O–H groups in total. The summed E-state index contributed by atoms with van der Waals surface area (Å²) in [5.74, 6) is -0.110. The zero-order valence-corrected chi connectivity index (χ0v) is 11.3. The first kappa shape index (κ1) is 12.2.